The van der Waals surface area contributed by atoms with E-state index in [1.807, 2.05) is 0 Å². The third kappa shape index (κ3) is 7.59. The molecule has 0 radical (unpaired) electrons. The van der Waals surface area contributed by atoms with Gasteiger partial charge in [-0.25, -0.2) is 16.8 Å². The van der Waals surface area contributed by atoms with Crippen molar-refractivity contribution >= 4 is 28.9 Å². The number of sulfonamides is 2. The minimum atomic E-state index is -4.22. The van der Waals surface area contributed by atoms with Crippen LogP contribution in [0, 0.1) is 0 Å². The fourth-order valence-corrected chi connectivity index (χ4v) is 5.86. The predicted molar refractivity (Wildman–Crippen MR) is 87.1 cm³/mol. The van der Waals surface area contributed by atoms with Crippen molar-refractivity contribution in [1.29, 1.82) is 0 Å². The number of hydrogen-bond acceptors (Lipinski definition) is 7. The van der Waals surface area contributed by atoms with E-state index in [0.717, 1.165) is 11.8 Å². The fourth-order valence-electron chi connectivity index (χ4n) is 1.90. The molecule has 0 spiro atoms. The number of nitrogens with zero attached hydrogens (tertiary/aromatic N) is 1. The summed E-state index contributed by atoms with van der Waals surface area (Å²) in [6, 6.07) is 6.33. The summed E-state index contributed by atoms with van der Waals surface area (Å²) in [6.45, 7) is 0. The van der Waals surface area contributed by atoms with Gasteiger partial charge in [-0.2, -0.15) is 0 Å². The molecule has 0 heterocycles. The molecule has 0 aliphatic heterocycles. The van der Waals surface area contributed by atoms with Crippen LogP contribution in [-0.2, 0) is 39.7 Å². The topological polar surface area (TPSA) is 110 Å². The first kappa shape index (κ1) is 24.8. The average Bonchev–Trinajstić information content (AvgIpc) is 2.47. The van der Waals surface area contributed by atoms with E-state index in [1.54, 1.807) is 12.1 Å². The minimum absolute atomic E-state index is 0. The van der Waals surface area contributed by atoms with Crippen LogP contribution in [0.2, 0.25) is 6.04 Å². The first-order valence-corrected chi connectivity index (χ1v) is 11.7. The number of aryl methyl sites for hydroxylation is 1. The molecule has 8 nitrogen and oxygen atoms in total. The van der Waals surface area contributed by atoms with Crippen molar-refractivity contribution in [3.63, 3.8) is 0 Å². The van der Waals surface area contributed by atoms with Crippen LogP contribution in [0.1, 0.15) is 5.56 Å². The molecular formula is C12H20KNO7S2Si. The van der Waals surface area contributed by atoms with Crippen LogP contribution in [0.25, 0.3) is 4.13 Å². The molecule has 1 rings (SSSR count). The summed E-state index contributed by atoms with van der Waals surface area (Å²) in [7, 11) is -6.36. The minimum Gasteiger partial charge on any atom is -0.432 e. The molecule has 0 aliphatic carbocycles. The van der Waals surface area contributed by atoms with Crippen molar-refractivity contribution in [1.82, 2.24) is 0 Å². The molecule has 132 valence electrons. The van der Waals surface area contributed by atoms with Gasteiger partial charge in [0.05, 0.1) is 10.0 Å². The molecule has 1 aromatic carbocycles. The maximum Gasteiger partial charge on any atom is 1.00 e. The molecule has 0 atom stereocenters. The van der Waals surface area contributed by atoms with Gasteiger partial charge in [0.15, 0.2) is 0 Å². The number of benzene rings is 1. The molecule has 0 aliphatic rings. The summed E-state index contributed by atoms with van der Waals surface area (Å²) >= 11 is 0. The summed E-state index contributed by atoms with van der Waals surface area (Å²) in [5, 5.41) is 0. The molecule has 12 heteroatoms. The van der Waals surface area contributed by atoms with Gasteiger partial charge < -0.3 is 17.4 Å². The zero-order valence-corrected chi connectivity index (χ0v) is 20.1. The molecule has 1 aromatic rings. The van der Waals surface area contributed by atoms with E-state index in [0.29, 0.717) is 12.5 Å². The van der Waals surface area contributed by atoms with E-state index in [-0.39, 0.29) is 56.3 Å². The van der Waals surface area contributed by atoms with Crippen molar-refractivity contribution in [2.75, 3.05) is 27.6 Å². The maximum absolute atomic E-state index is 11.8. The summed E-state index contributed by atoms with van der Waals surface area (Å²) < 4.78 is 64.4. The van der Waals surface area contributed by atoms with E-state index >= 15 is 0 Å². The molecule has 0 saturated carbocycles. The molecular weight excluding hydrogens is 401 g/mol. The smallest absolute Gasteiger partial charge is 0.432 e. The molecule has 0 fully saturated rings. The number of hydrogen-bond donors (Lipinski definition) is 0. The third-order valence-corrected chi connectivity index (χ3v) is 8.57. The van der Waals surface area contributed by atoms with Gasteiger partial charge in [-0.15, -0.1) is 0 Å². The largest absolute Gasteiger partial charge is 1.00 e. The van der Waals surface area contributed by atoms with Crippen molar-refractivity contribution in [2.45, 2.75) is 17.4 Å². The molecule has 0 saturated heterocycles. The van der Waals surface area contributed by atoms with E-state index in [2.05, 4.69) is 4.13 Å². The van der Waals surface area contributed by atoms with E-state index in [9.17, 15) is 16.8 Å². The standard InChI is InChI=1S/C12H20NO7S2Si.K/c1-18-23(19-2,20-3)10-9-11-5-7-12(8-6-11)22(16,17)13-21(4,14)15;/h5-8H,9-10H2,1-4H3;/q-1;+1. The van der Waals surface area contributed by atoms with E-state index < -0.39 is 28.9 Å². The Morgan fingerprint density at radius 3 is 1.79 bits per heavy atom. The molecule has 0 N–H and O–H groups in total. The zero-order chi connectivity index (χ0) is 17.7. The van der Waals surface area contributed by atoms with E-state index in [1.165, 1.54) is 33.5 Å². The van der Waals surface area contributed by atoms with Crippen LogP contribution in [0.3, 0.4) is 0 Å². The molecule has 0 unspecified atom stereocenters. The average molecular weight is 422 g/mol. The predicted octanol–water partition coefficient (Wildman–Crippen LogP) is -1.87. The Hall–Kier alpha value is 0.813. The summed E-state index contributed by atoms with van der Waals surface area (Å²) in [5.41, 5.74) is 0.839. The summed E-state index contributed by atoms with van der Waals surface area (Å²) in [6.07, 6.45) is 1.29. The second kappa shape index (κ2) is 10.2. The van der Waals surface area contributed by atoms with Gasteiger partial charge in [-0.05, 0) is 24.1 Å². The van der Waals surface area contributed by atoms with Gasteiger partial charge in [0.25, 0.3) is 0 Å². The van der Waals surface area contributed by atoms with Crippen molar-refractivity contribution < 1.29 is 81.5 Å². The number of rotatable bonds is 9. The zero-order valence-electron chi connectivity index (χ0n) is 14.3. The molecule has 24 heavy (non-hydrogen) atoms. The van der Waals surface area contributed by atoms with Gasteiger partial charge in [-0.3, -0.25) is 0 Å². The Balaban J connectivity index is 0.00000529. The van der Waals surface area contributed by atoms with Crippen LogP contribution in [0.15, 0.2) is 29.2 Å². The summed E-state index contributed by atoms with van der Waals surface area (Å²) in [5.74, 6) is 0. The van der Waals surface area contributed by atoms with Gasteiger partial charge in [-0.1, -0.05) is 12.1 Å². The first-order chi connectivity index (χ1) is 10.6. The van der Waals surface area contributed by atoms with Gasteiger partial charge >= 0.3 is 60.2 Å². The summed E-state index contributed by atoms with van der Waals surface area (Å²) in [4.78, 5) is -0.180. The van der Waals surface area contributed by atoms with E-state index in [4.69, 9.17) is 13.3 Å². The van der Waals surface area contributed by atoms with Crippen LogP contribution >= 0.6 is 0 Å². The Morgan fingerprint density at radius 2 is 1.42 bits per heavy atom. The quantitative estimate of drug-likeness (QED) is 0.430. The Kier molecular flexibility index (Phi) is 10.6. The first-order valence-electron chi connectivity index (χ1n) is 6.51. The van der Waals surface area contributed by atoms with Gasteiger partial charge in [0.2, 0.25) is 0 Å². The second-order valence-electron chi connectivity index (χ2n) is 4.72. The van der Waals surface area contributed by atoms with Crippen LogP contribution in [-0.4, -0.2) is 53.2 Å². The van der Waals surface area contributed by atoms with Crippen LogP contribution in [0.5, 0.6) is 0 Å². The third-order valence-electron chi connectivity index (χ3n) is 3.11. The Morgan fingerprint density at radius 1 is 0.958 bits per heavy atom. The molecule has 0 aromatic heterocycles. The monoisotopic (exact) mass is 421 g/mol. The van der Waals surface area contributed by atoms with Crippen molar-refractivity contribution in [2.24, 2.45) is 0 Å². The van der Waals surface area contributed by atoms with Gasteiger partial charge in [0, 0.05) is 38.5 Å². The SMILES string of the molecule is CO[Si](CCc1ccc(S(=O)(=O)[N-]S(C)(=O)=O)cc1)(OC)OC.[K+]. The van der Waals surface area contributed by atoms with Crippen LogP contribution < -0.4 is 51.4 Å². The fraction of sp³-hybridized carbons (Fsp3) is 0.500. The molecule has 0 amide bonds. The Labute approximate surface area is 187 Å². The van der Waals surface area contributed by atoms with Crippen LogP contribution in [0.4, 0.5) is 0 Å². The maximum atomic E-state index is 11.8. The Bertz CT molecular complexity index is 710. The second-order valence-corrected chi connectivity index (χ2v) is 11.3. The van der Waals surface area contributed by atoms with Gasteiger partial charge in [0.1, 0.15) is 10.0 Å². The van der Waals surface area contributed by atoms with Crippen molar-refractivity contribution in [3.8, 4) is 0 Å². The van der Waals surface area contributed by atoms with Crippen molar-refractivity contribution in [3.05, 3.63) is 34.0 Å². The molecule has 0 bridgehead atoms. The normalized spacial score (nSPS) is 12.7.